The number of carboxylic acid groups (broad SMARTS) is 1. The molecule has 0 aliphatic carbocycles. The summed E-state index contributed by atoms with van der Waals surface area (Å²) in [5, 5.41) is 10.4. The molecule has 0 unspecified atom stereocenters. The van der Waals surface area contributed by atoms with Gasteiger partial charge in [0.25, 0.3) is 5.56 Å². The molecular formula is C25H21ClN2O4. The number of benzene rings is 3. The summed E-state index contributed by atoms with van der Waals surface area (Å²) < 4.78 is 7.34. The van der Waals surface area contributed by atoms with E-state index in [4.69, 9.17) is 21.3 Å². The number of aromatic carboxylic acids is 1. The van der Waals surface area contributed by atoms with Gasteiger partial charge in [-0.1, -0.05) is 35.9 Å². The highest BCUT2D eigenvalue weighted by Crippen LogP contribution is 2.22. The summed E-state index contributed by atoms with van der Waals surface area (Å²) in [5.41, 5.74) is 1.49. The largest absolute Gasteiger partial charge is 0.493 e. The topological polar surface area (TPSA) is 81.4 Å². The Kier molecular flexibility index (Phi) is 6.52. The first kappa shape index (κ1) is 21.6. The highest BCUT2D eigenvalue weighted by atomic mass is 35.5. The number of hydrogen-bond donors (Lipinski definition) is 1. The zero-order valence-corrected chi connectivity index (χ0v) is 18.0. The molecule has 1 heterocycles. The average Bonchev–Trinajstić information content (AvgIpc) is 2.81. The highest BCUT2D eigenvalue weighted by Gasteiger charge is 2.13. The van der Waals surface area contributed by atoms with E-state index in [1.807, 2.05) is 30.3 Å². The van der Waals surface area contributed by atoms with Crippen LogP contribution in [-0.4, -0.2) is 27.2 Å². The number of hydrogen-bond acceptors (Lipinski definition) is 4. The van der Waals surface area contributed by atoms with E-state index < -0.39 is 5.97 Å². The fourth-order valence-corrected chi connectivity index (χ4v) is 3.64. The molecule has 0 atom stereocenters. The number of ether oxygens (including phenoxy) is 1. The molecule has 4 rings (SSSR count). The van der Waals surface area contributed by atoms with Gasteiger partial charge in [-0.25, -0.2) is 9.78 Å². The van der Waals surface area contributed by atoms with Gasteiger partial charge in [0.2, 0.25) is 0 Å². The van der Waals surface area contributed by atoms with Gasteiger partial charge < -0.3 is 9.84 Å². The van der Waals surface area contributed by atoms with E-state index in [9.17, 15) is 14.7 Å². The molecule has 32 heavy (non-hydrogen) atoms. The maximum absolute atomic E-state index is 13.2. The Bertz CT molecular complexity index is 1320. The number of nitrogens with zero attached hydrogens (tertiary/aromatic N) is 2. The first-order valence-corrected chi connectivity index (χ1v) is 10.6. The van der Waals surface area contributed by atoms with Crippen molar-refractivity contribution in [3.63, 3.8) is 0 Å². The monoisotopic (exact) mass is 448 g/mol. The Hall–Kier alpha value is -3.64. The van der Waals surface area contributed by atoms with Gasteiger partial charge in [0.15, 0.2) is 0 Å². The highest BCUT2D eigenvalue weighted by molar-refractivity contribution is 6.30. The van der Waals surface area contributed by atoms with E-state index >= 15 is 0 Å². The van der Waals surface area contributed by atoms with E-state index in [1.165, 1.54) is 6.07 Å². The SMILES string of the molecule is O=C(O)c1ccccc1OCCCCn1c(-c2ccc(Cl)cc2)nc2ccccc2c1=O. The second-order valence-electron chi connectivity index (χ2n) is 7.27. The van der Waals surface area contributed by atoms with E-state index in [-0.39, 0.29) is 11.1 Å². The first-order chi connectivity index (χ1) is 15.5. The van der Waals surface area contributed by atoms with Crippen LogP contribution in [0.25, 0.3) is 22.3 Å². The van der Waals surface area contributed by atoms with Gasteiger partial charge in [-0.15, -0.1) is 0 Å². The molecule has 0 fully saturated rings. The third-order valence-corrected chi connectivity index (χ3v) is 5.37. The first-order valence-electron chi connectivity index (χ1n) is 10.3. The lowest BCUT2D eigenvalue weighted by molar-refractivity contribution is 0.0692. The van der Waals surface area contributed by atoms with Gasteiger partial charge in [-0.05, 0) is 61.4 Å². The zero-order valence-electron chi connectivity index (χ0n) is 17.2. The lowest BCUT2D eigenvalue weighted by atomic mass is 10.1. The van der Waals surface area contributed by atoms with Gasteiger partial charge in [0, 0.05) is 17.1 Å². The van der Waals surface area contributed by atoms with Gasteiger partial charge in [-0.3, -0.25) is 9.36 Å². The Labute approximate surface area is 189 Å². The van der Waals surface area contributed by atoms with Crippen LogP contribution in [-0.2, 0) is 6.54 Å². The summed E-state index contributed by atoms with van der Waals surface area (Å²) in [5.74, 6) is -0.101. The fourth-order valence-electron chi connectivity index (χ4n) is 3.52. The number of halogens is 1. The van der Waals surface area contributed by atoms with Crippen LogP contribution in [0.1, 0.15) is 23.2 Å². The molecule has 0 amide bonds. The molecule has 1 N–H and O–H groups in total. The zero-order chi connectivity index (χ0) is 22.5. The van der Waals surface area contributed by atoms with Crippen LogP contribution in [0, 0.1) is 0 Å². The molecule has 4 aromatic rings. The number of unbranched alkanes of at least 4 members (excludes halogenated alkanes) is 1. The third-order valence-electron chi connectivity index (χ3n) is 5.12. The van der Waals surface area contributed by atoms with Gasteiger partial charge in [-0.2, -0.15) is 0 Å². The van der Waals surface area contributed by atoms with Crippen LogP contribution in [0.4, 0.5) is 0 Å². The smallest absolute Gasteiger partial charge is 0.339 e. The molecule has 0 aliphatic rings. The quantitative estimate of drug-likeness (QED) is 0.371. The molecule has 162 valence electrons. The maximum Gasteiger partial charge on any atom is 0.339 e. The second kappa shape index (κ2) is 9.66. The lowest BCUT2D eigenvalue weighted by Crippen LogP contribution is -2.24. The minimum absolute atomic E-state index is 0.0994. The molecular weight excluding hydrogens is 428 g/mol. The molecule has 6 nitrogen and oxygen atoms in total. The predicted octanol–water partition coefficient (Wildman–Crippen LogP) is 5.27. The summed E-state index contributed by atoms with van der Waals surface area (Å²) in [6, 6.07) is 21.1. The lowest BCUT2D eigenvalue weighted by Gasteiger charge is -2.14. The number of carboxylic acids is 1. The Balaban J connectivity index is 1.53. The van der Waals surface area contributed by atoms with Crippen molar-refractivity contribution in [2.45, 2.75) is 19.4 Å². The van der Waals surface area contributed by atoms with Crippen molar-refractivity contribution in [3.8, 4) is 17.1 Å². The summed E-state index contributed by atoms with van der Waals surface area (Å²) in [4.78, 5) is 29.2. The van der Waals surface area contributed by atoms with Crippen molar-refractivity contribution in [1.29, 1.82) is 0 Å². The Morgan fingerprint density at radius 3 is 2.47 bits per heavy atom. The summed E-state index contributed by atoms with van der Waals surface area (Å²) >= 11 is 6.03. The van der Waals surface area contributed by atoms with E-state index in [0.29, 0.717) is 53.5 Å². The van der Waals surface area contributed by atoms with Crippen molar-refractivity contribution in [3.05, 3.63) is 93.7 Å². The van der Waals surface area contributed by atoms with Gasteiger partial charge >= 0.3 is 5.97 Å². The Morgan fingerprint density at radius 2 is 1.69 bits per heavy atom. The summed E-state index contributed by atoms with van der Waals surface area (Å²) in [6.45, 7) is 0.800. The fraction of sp³-hybridized carbons (Fsp3) is 0.160. The van der Waals surface area contributed by atoms with E-state index in [0.717, 1.165) is 5.56 Å². The average molecular weight is 449 g/mol. The number of rotatable bonds is 8. The molecule has 7 heteroatoms. The van der Waals surface area contributed by atoms with Crippen molar-refractivity contribution in [1.82, 2.24) is 9.55 Å². The van der Waals surface area contributed by atoms with Gasteiger partial charge in [0.05, 0.1) is 17.5 Å². The van der Waals surface area contributed by atoms with Crippen molar-refractivity contribution in [2.24, 2.45) is 0 Å². The number of fused-ring (bicyclic) bond motifs is 1. The van der Waals surface area contributed by atoms with Crippen LogP contribution < -0.4 is 10.3 Å². The number of para-hydroxylation sites is 2. The molecule has 1 aromatic heterocycles. The van der Waals surface area contributed by atoms with Crippen molar-refractivity contribution in [2.75, 3.05) is 6.61 Å². The van der Waals surface area contributed by atoms with Crippen LogP contribution in [0.2, 0.25) is 5.02 Å². The van der Waals surface area contributed by atoms with Crippen molar-refractivity contribution >= 4 is 28.5 Å². The maximum atomic E-state index is 13.2. The van der Waals surface area contributed by atoms with Crippen LogP contribution in [0.5, 0.6) is 5.75 Å². The molecule has 3 aromatic carbocycles. The molecule has 0 bridgehead atoms. The molecule has 0 spiro atoms. The van der Waals surface area contributed by atoms with Crippen LogP contribution >= 0.6 is 11.6 Å². The molecule has 0 aliphatic heterocycles. The molecule has 0 radical (unpaired) electrons. The summed E-state index contributed by atoms with van der Waals surface area (Å²) in [7, 11) is 0. The molecule has 0 saturated heterocycles. The minimum atomic E-state index is -1.03. The number of aromatic nitrogens is 2. The third kappa shape index (κ3) is 4.65. The number of carbonyl (C=O) groups is 1. The van der Waals surface area contributed by atoms with E-state index in [1.54, 1.807) is 41.0 Å². The summed E-state index contributed by atoms with van der Waals surface area (Å²) in [6.07, 6.45) is 1.31. The Morgan fingerprint density at radius 1 is 0.969 bits per heavy atom. The van der Waals surface area contributed by atoms with Crippen LogP contribution in [0.15, 0.2) is 77.6 Å². The predicted molar refractivity (Wildman–Crippen MR) is 125 cm³/mol. The van der Waals surface area contributed by atoms with E-state index in [2.05, 4.69) is 0 Å². The normalized spacial score (nSPS) is 10.9. The van der Waals surface area contributed by atoms with Crippen molar-refractivity contribution < 1.29 is 14.6 Å². The second-order valence-corrected chi connectivity index (χ2v) is 7.71. The minimum Gasteiger partial charge on any atom is -0.493 e. The molecule has 0 saturated carbocycles. The van der Waals surface area contributed by atoms with Gasteiger partial charge in [0.1, 0.15) is 17.1 Å². The standard InChI is InChI=1S/C25H21ClN2O4/c26-18-13-11-17(12-14-18)23-27-21-9-3-1-7-19(21)24(29)28(23)15-5-6-16-32-22-10-4-2-8-20(22)25(30)31/h1-4,7-14H,5-6,15-16H2,(H,30,31). The van der Waals surface area contributed by atoms with Crippen LogP contribution in [0.3, 0.4) is 0 Å².